The SMILES string of the molecule is Cc1cccc2c1cc(CCNC(=O)OC(C)(C)C)n2C(=O)OC(C)(C)C. The molecule has 0 saturated heterocycles. The van der Waals surface area contributed by atoms with E-state index in [-0.39, 0.29) is 0 Å². The molecule has 0 aliphatic rings. The Bertz CT molecular complexity index is 838. The molecule has 1 heterocycles. The number of carbonyl (C=O) groups is 2. The van der Waals surface area contributed by atoms with Crippen LogP contribution in [0.2, 0.25) is 0 Å². The number of rotatable bonds is 3. The van der Waals surface area contributed by atoms with Gasteiger partial charge in [-0.2, -0.15) is 0 Å². The third-order valence-electron chi connectivity index (χ3n) is 3.77. The molecule has 27 heavy (non-hydrogen) atoms. The fraction of sp³-hybridized carbons (Fsp3) is 0.524. The normalized spacial score (nSPS) is 12.1. The van der Waals surface area contributed by atoms with Gasteiger partial charge in [0.05, 0.1) is 5.52 Å². The van der Waals surface area contributed by atoms with E-state index in [0.29, 0.717) is 13.0 Å². The quantitative estimate of drug-likeness (QED) is 0.838. The van der Waals surface area contributed by atoms with Gasteiger partial charge in [0.1, 0.15) is 11.2 Å². The van der Waals surface area contributed by atoms with Crippen LogP contribution in [0.25, 0.3) is 10.9 Å². The lowest BCUT2D eigenvalue weighted by molar-refractivity contribution is 0.0528. The van der Waals surface area contributed by atoms with E-state index in [1.807, 2.05) is 72.7 Å². The van der Waals surface area contributed by atoms with Crippen LogP contribution in [0.4, 0.5) is 9.59 Å². The van der Waals surface area contributed by atoms with E-state index in [4.69, 9.17) is 9.47 Å². The summed E-state index contributed by atoms with van der Waals surface area (Å²) in [6.45, 7) is 13.3. The van der Waals surface area contributed by atoms with Gasteiger partial charge in [-0.05, 0) is 66.2 Å². The van der Waals surface area contributed by atoms with Gasteiger partial charge in [-0.25, -0.2) is 14.2 Å². The Kier molecular flexibility index (Phi) is 5.88. The van der Waals surface area contributed by atoms with Crippen LogP contribution in [0.3, 0.4) is 0 Å². The molecule has 148 valence electrons. The molecule has 2 rings (SSSR count). The van der Waals surface area contributed by atoms with Crippen LogP contribution in [-0.2, 0) is 15.9 Å². The van der Waals surface area contributed by atoms with Crippen molar-refractivity contribution in [2.45, 2.75) is 66.1 Å². The Morgan fingerprint density at radius 2 is 1.67 bits per heavy atom. The van der Waals surface area contributed by atoms with E-state index in [2.05, 4.69) is 5.32 Å². The molecule has 2 aromatic rings. The predicted molar refractivity (Wildman–Crippen MR) is 106 cm³/mol. The summed E-state index contributed by atoms with van der Waals surface area (Å²) in [4.78, 5) is 24.6. The summed E-state index contributed by atoms with van der Waals surface area (Å²) < 4.78 is 12.4. The largest absolute Gasteiger partial charge is 0.444 e. The Hall–Kier alpha value is -2.50. The Balaban J connectivity index is 2.25. The maximum absolute atomic E-state index is 12.8. The average molecular weight is 374 g/mol. The maximum Gasteiger partial charge on any atom is 0.419 e. The molecular formula is C21H30N2O4. The molecule has 1 aromatic carbocycles. The van der Waals surface area contributed by atoms with Crippen molar-refractivity contribution < 1.29 is 19.1 Å². The lowest BCUT2D eigenvalue weighted by Gasteiger charge is -2.21. The molecule has 0 radical (unpaired) electrons. The molecule has 0 atom stereocenters. The summed E-state index contributed by atoms with van der Waals surface area (Å²) in [5, 5.41) is 3.73. The van der Waals surface area contributed by atoms with Crippen molar-refractivity contribution in [1.29, 1.82) is 0 Å². The van der Waals surface area contributed by atoms with Gasteiger partial charge < -0.3 is 14.8 Å². The van der Waals surface area contributed by atoms with Crippen molar-refractivity contribution >= 4 is 23.1 Å². The summed E-state index contributed by atoms with van der Waals surface area (Å²) in [7, 11) is 0. The van der Waals surface area contributed by atoms with Crippen molar-refractivity contribution in [3.05, 3.63) is 35.5 Å². The van der Waals surface area contributed by atoms with Crippen molar-refractivity contribution in [3.63, 3.8) is 0 Å². The molecule has 0 saturated carbocycles. The number of fused-ring (bicyclic) bond motifs is 1. The van der Waals surface area contributed by atoms with Gasteiger partial charge in [-0.1, -0.05) is 12.1 Å². The summed E-state index contributed by atoms with van der Waals surface area (Å²) in [6.07, 6.45) is -0.416. The molecule has 6 heteroatoms. The molecule has 0 aliphatic carbocycles. The van der Waals surface area contributed by atoms with Gasteiger partial charge >= 0.3 is 12.2 Å². The smallest absolute Gasteiger partial charge is 0.419 e. The second-order valence-electron chi connectivity index (χ2n) is 8.64. The molecule has 1 N–H and O–H groups in total. The van der Waals surface area contributed by atoms with Crippen LogP contribution in [0, 0.1) is 6.92 Å². The second-order valence-corrected chi connectivity index (χ2v) is 8.64. The summed E-state index contributed by atoms with van der Waals surface area (Å²) in [5.74, 6) is 0. The summed E-state index contributed by atoms with van der Waals surface area (Å²) >= 11 is 0. The van der Waals surface area contributed by atoms with Crippen LogP contribution in [0.5, 0.6) is 0 Å². The zero-order valence-corrected chi connectivity index (χ0v) is 17.3. The molecule has 0 aliphatic heterocycles. The number of alkyl carbamates (subject to hydrolysis) is 1. The van der Waals surface area contributed by atoms with E-state index in [9.17, 15) is 9.59 Å². The van der Waals surface area contributed by atoms with Crippen molar-refractivity contribution in [1.82, 2.24) is 9.88 Å². The average Bonchev–Trinajstić information content (AvgIpc) is 2.83. The third-order valence-corrected chi connectivity index (χ3v) is 3.77. The molecule has 0 unspecified atom stereocenters. The van der Waals surface area contributed by atoms with Crippen molar-refractivity contribution in [3.8, 4) is 0 Å². The van der Waals surface area contributed by atoms with Crippen LogP contribution < -0.4 is 5.32 Å². The highest BCUT2D eigenvalue weighted by molar-refractivity contribution is 5.92. The third kappa shape index (κ3) is 5.74. The first-order chi connectivity index (χ1) is 12.4. The zero-order chi connectivity index (χ0) is 20.4. The minimum Gasteiger partial charge on any atom is -0.444 e. The van der Waals surface area contributed by atoms with E-state index < -0.39 is 23.4 Å². The summed E-state index contributed by atoms with van der Waals surface area (Å²) in [6, 6.07) is 7.80. The first-order valence-electron chi connectivity index (χ1n) is 9.17. The molecule has 1 aromatic heterocycles. The molecule has 1 amide bonds. The Morgan fingerprint density at radius 1 is 1.04 bits per heavy atom. The highest BCUT2D eigenvalue weighted by Crippen LogP contribution is 2.25. The fourth-order valence-electron chi connectivity index (χ4n) is 2.75. The van der Waals surface area contributed by atoms with Gasteiger partial charge in [0.2, 0.25) is 0 Å². The van der Waals surface area contributed by atoms with Crippen LogP contribution in [-0.4, -0.2) is 34.5 Å². The minimum absolute atomic E-state index is 0.354. The predicted octanol–water partition coefficient (Wildman–Crippen LogP) is 4.80. The molecular weight excluding hydrogens is 344 g/mol. The van der Waals surface area contributed by atoms with E-state index in [1.54, 1.807) is 4.57 Å². The number of amides is 1. The number of ether oxygens (including phenoxy) is 2. The zero-order valence-electron chi connectivity index (χ0n) is 17.3. The fourth-order valence-corrected chi connectivity index (χ4v) is 2.75. The van der Waals surface area contributed by atoms with E-state index >= 15 is 0 Å². The molecule has 0 fully saturated rings. The first-order valence-corrected chi connectivity index (χ1v) is 9.17. The molecule has 0 spiro atoms. The number of aromatic nitrogens is 1. The van der Waals surface area contributed by atoms with Crippen LogP contribution >= 0.6 is 0 Å². The second kappa shape index (κ2) is 7.62. The van der Waals surface area contributed by atoms with Gasteiger partial charge in [-0.15, -0.1) is 0 Å². The van der Waals surface area contributed by atoms with E-state index in [0.717, 1.165) is 22.2 Å². The lowest BCUT2D eigenvalue weighted by atomic mass is 10.1. The highest BCUT2D eigenvalue weighted by Gasteiger charge is 2.23. The number of carbonyl (C=O) groups excluding carboxylic acids is 2. The van der Waals surface area contributed by atoms with E-state index in [1.165, 1.54) is 0 Å². The van der Waals surface area contributed by atoms with Gasteiger partial charge in [-0.3, -0.25) is 0 Å². The number of nitrogens with zero attached hydrogens (tertiary/aromatic N) is 1. The number of hydrogen-bond donors (Lipinski definition) is 1. The Labute approximate surface area is 160 Å². The summed E-state index contributed by atoms with van der Waals surface area (Å²) in [5.41, 5.74) is 1.52. The van der Waals surface area contributed by atoms with Crippen LogP contribution in [0.15, 0.2) is 24.3 Å². The van der Waals surface area contributed by atoms with Gasteiger partial charge in [0.15, 0.2) is 0 Å². The molecule has 6 nitrogen and oxygen atoms in total. The van der Waals surface area contributed by atoms with Crippen molar-refractivity contribution in [2.75, 3.05) is 6.54 Å². The highest BCUT2D eigenvalue weighted by atomic mass is 16.6. The standard InChI is InChI=1S/C21H30N2O4/c1-14-9-8-10-17-16(14)13-15(23(17)19(25)27-21(5,6)7)11-12-22-18(24)26-20(2,3)4/h8-10,13H,11-12H2,1-7H3,(H,22,24). The number of aryl methyl sites for hydroxylation is 1. The molecule has 0 bridgehead atoms. The lowest BCUT2D eigenvalue weighted by Crippen LogP contribution is -2.34. The number of benzene rings is 1. The monoisotopic (exact) mass is 374 g/mol. The van der Waals surface area contributed by atoms with Crippen LogP contribution in [0.1, 0.15) is 52.8 Å². The minimum atomic E-state index is -0.594. The topological polar surface area (TPSA) is 69.6 Å². The maximum atomic E-state index is 12.8. The Morgan fingerprint density at radius 3 is 2.26 bits per heavy atom. The van der Waals surface area contributed by atoms with Crippen molar-refractivity contribution in [2.24, 2.45) is 0 Å². The number of nitrogens with one attached hydrogen (secondary N) is 1. The number of hydrogen-bond acceptors (Lipinski definition) is 4. The van der Waals surface area contributed by atoms with Gasteiger partial charge in [0.25, 0.3) is 0 Å². The van der Waals surface area contributed by atoms with Gasteiger partial charge in [0, 0.05) is 24.0 Å². The first kappa shape index (κ1) is 20.8.